The number of rotatable bonds is 2. The minimum absolute atomic E-state index is 0.916. The van der Waals surface area contributed by atoms with Crippen molar-refractivity contribution in [3.8, 4) is 5.75 Å². The lowest BCUT2D eigenvalue weighted by molar-refractivity contribution is 0.408. The maximum atomic E-state index is 5.97. The van der Waals surface area contributed by atoms with Gasteiger partial charge in [0, 0.05) is 6.42 Å². The summed E-state index contributed by atoms with van der Waals surface area (Å²) in [6, 6.07) is 6.23. The summed E-state index contributed by atoms with van der Waals surface area (Å²) in [6.07, 6.45) is 5.17. The Bertz CT molecular complexity index is 418. The van der Waals surface area contributed by atoms with Crippen molar-refractivity contribution < 1.29 is 4.74 Å². The van der Waals surface area contributed by atoms with E-state index in [1.807, 2.05) is 0 Å². The number of hydrogen-bond donors (Lipinski definition) is 0. The van der Waals surface area contributed by atoms with Gasteiger partial charge in [-0.2, -0.15) is 0 Å². The van der Waals surface area contributed by atoms with Gasteiger partial charge in [0.25, 0.3) is 0 Å². The average Bonchev–Trinajstić information content (AvgIpc) is 2.58. The third-order valence-corrected chi connectivity index (χ3v) is 2.74. The summed E-state index contributed by atoms with van der Waals surface area (Å²) in [6.45, 7) is 6.26. The molecule has 0 atom stereocenters. The van der Waals surface area contributed by atoms with Crippen molar-refractivity contribution in [2.24, 2.45) is 0 Å². The first kappa shape index (κ1) is 10.0. The van der Waals surface area contributed by atoms with Crippen LogP contribution in [0.3, 0.4) is 0 Å². The van der Waals surface area contributed by atoms with Crippen LogP contribution in [0.1, 0.15) is 24.5 Å². The zero-order valence-corrected chi connectivity index (χ0v) is 9.50. The molecular formula is C14H16O. The van der Waals surface area contributed by atoms with Crippen LogP contribution in [0.4, 0.5) is 0 Å². The smallest absolute Gasteiger partial charge is 0.132 e. The summed E-state index contributed by atoms with van der Waals surface area (Å²) in [5.74, 6) is 2.09. The molecule has 1 aromatic carbocycles. The first-order valence-corrected chi connectivity index (χ1v) is 5.29. The van der Waals surface area contributed by atoms with Crippen LogP contribution >= 0.6 is 0 Å². The standard InChI is InChI=1S/C14H16O/c1-10-6-5-9-13(10)15-14-11(2)7-4-8-12(14)3/h4-8H,9H2,1-3H3. The van der Waals surface area contributed by atoms with E-state index in [2.05, 4.69) is 51.1 Å². The van der Waals surface area contributed by atoms with Gasteiger partial charge in [0.05, 0.1) is 0 Å². The monoisotopic (exact) mass is 200 g/mol. The Balaban J connectivity index is 2.29. The van der Waals surface area contributed by atoms with E-state index in [1.54, 1.807) is 0 Å². The highest BCUT2D eigenvalue weighted by atomic mass is 16.5. The largest absolute Gasteiger partial charge is 0.461 e. The molecule has 0 saturated heterocycles. The quantitative estimate of drug-likeness (QED) is 0.703. The van der Waals surface area contributed by atoms with Gasteiger partial charge < -0.3 is 4.74 Å². The summed E-state index contributed by atoms with van der Waals surface area (Å²) in [5.41, 5.74) is 3.63. The van der Waals surface area contributed by atoms with E-state index in [0.29, 0.717) is 0 Å². The molecule has 0 fully saturated rings. The van der Waals surface area contributed by atoms with Gasteiger partial charge in [0.15, 0.2) is 0 Å². The predicted molar refractivity (Wildman–Crippen MR) is 63.0 cm³/mol. The van der Waals surface area contributed by atoms with E-state index < -0.39 is 0 Å². The van der Waals surface area contributed by atoms with Crippen LogP contribution in [0.15, 0.2) is 41.7 Å². The van der Waals surface area contributed by atoms with E-state index in [0.717, 1.165) is 17.9 Å². The first-order valence-electron chi connectivity index (χ1n) is 5.29. The fourth-order valence-electron chi connectivity index (χ4n) is 1.80. The van der Waals surface area contributed by atoms with Gasteiger partial charge in [0.2, 0.25) is 0 Å². The number of allylic oxidation sites excluding steroid dienone is 3. The Morgan fingerprint density at radius 1 is 1.07 bits per heavy atom. The Labute approximate surface area is 91.1 Å². The van der Waals surface area contributed by atoms with Crippen molar-refractivity contribution in [2.45, 2.75) is 27.2 Å². The molecule has 0 spiro atoms. The SMILES string of the molecule is CC1=C(Oc2c(C)cccc2C)CC=C1. The van der Waals surface area contributed by atoms with Gasteiger partial charge in [0.1, 0.15) is 11.5 Å². The molecule has 0 aliphatic heterocycles. The van der Waals surface area contributed by atoms with Crippen molar-refractivity contribution in [1.29, 1.82) is 0 Å². The zero-order chi connectivity index (χ0) is 10.8. The van der Waals surface area contributed by atoms with Gasteiger partial charge in [-0.25, -0.2) is 0 Å². The maximum Gasteiger partial charge on any atom is 0.132 e. The highest BCUT2D eigenvalue weighted by Gasteiger charge is 2.10. The fraction of sp³-hybridized carbons (Fsp3) is 0.286. The molecule has 2 rings (SSSR count). The fourth-order valence-corrected chi connectivity index (χ4v) is 1.80. The lowest BCUT2D eigenvalue weighted by Crippen LogP contribution is -1.98. The highest BCUT2D eigenvalue weighted by Crippen LogP contribution is 2.28. The first-order chi connectivity index (χ1) is 7.18. The van der Waals surface area contributed by atoms with Gasteiger partial charge in [-0.05, 0) is 37.5 Å². The Morgan fingerprint density at radius 2 is 1.73 bits per heavy atom. The third-order valence-electron chi connectivity index (χ3n) is 2.74. The maximum absolute atomic E-state index is 5.97. The number of aryl methyl sites for hydroxylation is 2. The molecule has 78 valence electrons. The number of hydrogen-bond acceptors (Lipinski definition) is 1. The molecule has 0 heterocycles. The molecule has 1 aliphatic rings. The van der Waals surface area contributed by atoms with Crippen molar-refractivity contribution in [3.05, 3.63) is 52.8 Å². The van der Waals surface area contributed by atoms with Crippen molar-refractivity contribution >= 4 is 0 Å². The van der Waals surface area contributed by atoms with Crippen LogP contribution in [0, 0.1) is 13.8 Å². The lowest BCUT2D eigenvalue weighted by Gasteiger charge is -2.13. The van der Waals surface area contributed by atoms with E-state index in [-0.39, 0.29) is 0 Å². The Kier molecular flexibility index (Phi) is 2.63. The van der Waals surface area contributed by atoms with Gasteiger partial charge in [-0.15, -0.1) is 0 Å². The van der Waals surface area contributed by atoms with Gasteiger partial charge in [-0.3, -0.25) is 0 Å². The molecule has 0 bridgehead atoms. The van der Waals surface area contributed by atoms with Crippen LogP contribution in [-0.2, 0) is 0 Å². The molecule has 0 unspecified atom stereocenters. The summed E-state index contributed by atoms with van der Waals surface area (Å²) in [7, 11) is 0. The summed E-state index contributed by atoms with van der Waals surface area (Å²) >= 11 is 0. The van der Waals surface area contributed by atoms with Gasteiger partial charge >= 0.3 is 0 Å². The number of para-hydroxylation sites is 1. The molecule has 15 heavy (non-hydrogen) atoms. The Hall–Kier alpha value is -1.50. The molecule has 1 nitrogen and oxygen atoms in total. The second kappa shape index (κ2) is 3.93. The zero-order valence-electron chi connectivity index (χ0n) is 9.50. The van der Waals surface area contributed by atoms with E-state index >= 15 is 0 Å². The molecule has 1 aromatic rings. The molecule has 1 heteroatoms. The molecular weight excluding hydrogens is 184 g/mol. The van der Waals surface area contributed by atoms with Crippen LogP contribution < -0.4 is 4.74 Å². The van der Waals surface area contributed by atoms with Crippen LogP contribution in [0.5, 0.6) is 5.75 Å². The molecule has 0 radical (unpaired) electrons. The molecule has 0 aromatic heterocycles. The normalized spacial score (nSPS) is 14.9. The summed E-state index contributed by atoms with van der Waals surface area (Å²) in [5, 5.41) is 0. The van der Waals surface area contributed by atoms with Crippen LogP contribution in [0.2, 0.25) is 0 Å². The molecule has 0 N–H and O–H groups in total. The minimum Gasteiger partial charge on any atom is -0.461 e. The van der Waals surface area contributed by atoms with Crippen LogP contribution in [-0.4, -0.2) is 0 Å². The minimum atomic E-state index is 0.916. The van der Waals surface area contributed by atoms with E-state index in [9.17, 15) is 0 Å². The topological polar surface area (TPSA) is 9.23 Å². The average molecular weight is 200 g/mol. The van der Waals surface area contributed by atoms with E-state index in [1.165, 1.54) is 16.7 Å². The van der Waals surface area contributed by atoms with Crippen molar-refractivity contribution in [1.82, 2.24) is 0 Å². The number of benzene rings is 1. The molecule has 0 amide bonds. The van der Waals surface area contributed by atoms with E-state index in [4.69, 9.17) is 4.74 Å². The number of ether oxygens (including phenoxy) is 1. The van der Waals surface area contributed by atoms with Crippen molar-refractivity contribution in [2.75, 3.05) is 0 Å². The predicted octanol–water partition coefficient (Wildman–Crippen LogP) is 3.92. The highest BCUT2D eigenvalue weighted by molar-refractivity contribution is 5.42. The molecule has 1 aliphatic carbocycles. The van der Waals surface area contributed by atoms with Crippen molar-refractivity contribution in [3.63, 3.8) is 0 Å². The second-order valence-corrected chi connectivity index (χ2v) is 4.04. The second-order valence-electron chi connectivity index (χ2n) is 4.04. The third kappa shape index (κ3) is 1.96. The van der Waals surface area contributed by atoms with Gasteiger partial charge in [-0.1, -0.05) is 30.4 Å². The summed E-state index contributed by atoms with van der Waals surface area (Å²) < 4.78 is 5.97. The Morgan fingerprint density at radius 3 is 2.27 bits per heavy atom. The van der Waals surface area contributed by atoms with Crippen LogP contribution in [0.25, 0.3) is 0 Å². The molecule has 0 saturated carbocycles. The summed E-state index contributed by atoms with van der Waals surface area (Å²) in [4.78, 5) is 0. The lowest BCUT2D eigenvalue weighted by atomic mass is 10.1.